The number of pyridine rings is 1. The smallest absolute Gasteiger partial charge is 0.142 e. The second-order valence-electron chi connectivity index (χ2n) is 2.58. The molecule has 13 heavy (non-hydrogen) atoms. The van der Waals surface area contributed by atoms with Gasteiger partial charge in [0.05, 0.1) is 10.4 Å². The number of nitrogens with zero attached hydrogens (tertiary/aromatic N) is 1. The lowest BCUT2D eigenvalue weighted by Crippen LogP contribution is -1.84. The number of rotatable bonds is 0. The molecular weight excluding hydrogens is 193 g/mol. The third kappa shape index (κ3) is 1.21. The molecule has 2 nitrogen and oxygen atoms in total. The Kier molecular flexibility index (Phi) is 1.81. The number of phenolic OH excluding ortho intramolecular Hbond substituents is 1. The Morgan fingerprint density at radius 2 is 2.08 bits per heavy atom. The van der Waals surface area contributed by atoms with E-state index in [4.69, 9.17) is 11.6 Å². The van der Waals surface area contributed by atoms with Gasteiger partial charge in [-0.1, -0.05) is 11.6 Å². The van der Waals surface area contributed by atoms with Crippen molar-refractivity contribution in [1.82, 2.24) is 4.98 Å². The molecule has 0 unspecified atom stereocenters. The number of benzene rings is 1. The average Bonchev–Trinajstić information content (AvgIpc) is 2.12. The lowest BCUT2D eigenvalue weighted by molar-refractivity contribution is 0.479. The monoisotopic (exact) mass is 197 g/mol. The van der Waals surface area contributed by atoms with Gasteiger partial charge in [-0.2, -0.15) is 0 Å². The molecule has 0 saturated heterocycles. The highest BCUT2D eigenvalue weighted by Crippen LogP contribution is 2.29. The Balaban J connectivity index is 3.00. The van der Waals surface area contributed by atoms with Crippen molar-refractivity contribution in [1.29, 1.82) is 0 Å². The van der Waals surface area contributed by atoms with Gasteiger partial charge >= 0.3 is 0 Å². The van der Waals surface area contributed by atoms with Crippen LogP contribution in [0.15, 0.2) is 24.4 Å². The molecule has 0 saturated carbocycles. The van der Waals surface area contributed by atoms with Gasteiger partial charge < -0.3 is 5.11 Å². The van der Waals surface area contributed by atoms with Crippen LogP contribution >= 0.6 is 11.6 Å². The van der Waals surface area contributed by atoms with Crippen molar-refractivity contribution >= 4 is 22.5 Å². The molecule has 1 heterocycles. The average molecular weight is 198 g/mol. The third-order valence-electron chi connectivity index (χ3n) is 1.77. The lowest BCUT2D eigenvalue weighted by Gasteiger charge is -2.02. The van der Waals surface area contributed by atoms with E-state index >= 15 is 0 Å². The van der Waals surface area contributed by atoms with Crippen LogP contribution in [-0.2, 0) is 0 Å². The van der Waals surface area contributed by atoms with Crippen LogP contribution in [0, 0.1) is 5.82 Å². The van der Waals surface area contributed by atoms with Gasteiger partial charge in [0.1, 0.15) is 17.1 Å². The van der Waals surface area contributed by atoms with Crippen molar-refractivity contribution in [3.05, 3.63) is 35.2 Å². The Bertz CT molecular complexity index is 464. The SMILES string of the molecule is Oc1ccc(F)c2c(Cl)ccnc12. The zero-order valence-electron chi connectivity index (χ0n) is 6.46. The van der Waals surface area contributed by atoms with Crippen LogP contribution < -0.4 is 0 Å². The summed E-state index contributed by atoms with van der Waals surface area (Å²) >= 11 is 5.74. The first-order valence-corrected chi connectivity index (χ1v) is 3.99. The second-order valence-corrected chi connectivity index (χ2v) is 2.99. The molecule has 0 aliphatic rings. The molecule has 4 heteroatoms. The van der Waals surface area contributed by atoms with Crippen LogP contribution in [0.3, 0.4) is 0 Å². The molecule has 0 radical (unpaired) electrons. The molecule has 2 aromatic rings. The first-order chi connectivity index (χ1) is 6.20. The summed E-state index contributed by atoms with van der Waals surface area (Å²) in [6, 6.07) is 3.89. The van der Waals surface area contributed by atoms with Crippen LogP contribution in [0.1, 0.15) is 0 Å². The first-order valence-electron chi connectivity index (χ1n) is 3.62. The van der Waals surface area contributed by atoms with Crippen molar-refractivity contribution in [3.8, 4) is 5.75 Å². The van der Waals surface area contributed by atoms with Crippen LogP contribution in [0.2, 0.25) is 5.02 Å². The highest BCUT2D eigenvalue weighted by Gasteiger charge is 2.08. The highest BCUT2D eigenvalue weighted by molar-refractivity contribution is 6.35. The normalized spacial score (nSPS) is 10.6. The minimum Gasteiger partial charge on any atom is -0.506 e. The fraction of sp³-hybridized carbons (Fsp3) is 0. The molecule has 0 amide bonds. The molecule has 66 valence electrons. The fourth-order valence-corrected chi connectivity index (χ4v) is 1.41. The summed E-state index contributed by atoms with van der Waals surface area (Å²) in [7, 11) is 0. The van der Waals surface area contributed by atoms with E-state index < -0.39 is 5.82 Å². The van der Waals surface area contributed by atoms with Crippen LogP contribution in [0.5, 0.6) is 5.75 Å². The summed E-state index contributed by atoms with van der Waals surface area (Å²) in [5.74, 6) is -0.551. The van der Waals surface area contributed by atoms with E-state index in [2.05, 4.69) is 4.98 Å². The predicted molar refractivity (Wildman–Crippen MR) is 48.4 cm³/mol. The molecule has 0 spiro atoms. The number of aromatic hydroxyl groups is 1. The van der Waals surface area contributed by atoms with Crippen molar-refractivity contribution in [2.45, 2.75) is 0 Å². The first kappa shape index (κ1) is 8.26. The van der Waals surface area contributed by atoms with Gasteiger partial charge in [-0.3, -0.25) is 4.98 Å². The lowest BCUT2D eigenvalue weighted by atomic mass is 10.2. The standard InChI is InChI=1S/C9H5ClFNO/c10-5-3-4-12-9-7(13)2-1-6(11)8(5)9/h1-4,13H. The number of aromatic nitrogens is 1. The van der Waals surface area contributed by atoms with Gasteiger partial charge in [0.15, 0.2) is 0 Å². The van der Waals surface area contributed by atoms with Gasteiger partial charge in [-0.15, -0.1) is 0 Å². The highest BCUT2D eigenvalue weighted by atomic mass is 35.5. The van der Waals surface area contributed by atoms with E-state index in [1.807, 2.05) is 0 Å². The molecule has 1 aromatic carbocycles. The van der Waals surface area contributed by atoms with Crippen LogP contribution in [-0.4, -0.2) is 10.1 Å². The maximum Gasteiger partial charge on any atom is 0.142 e. The maximum atomic E-state index is 13.2. The van der Waals surface area contributed by atoms with Gasteiger partial charge in [0.2, 0.25) is 0 Å². The van der Waals surface area contributed by atoms with Gasteiger partial charge in [0.25, 0.3) is 0 Å². The van der Waals surface area contributed by atoms with E-state index in [1.54, 1.807) is 0 Å². The summed E-state index contributed by atoms with van der Waals surface area (Å²) in [5, 5.41) is 9.74. The number of fused-ring (bicyclic) bond motifs is 1. The molecule has 0 aliphatic carbocycles. The Morgan fingerprint density at radius 3 is 2.77 bits per heavy atom. The fourth-order valence-electron chi connectivity index (χ4n) is 1.17. The maximum absolute atomic E-state index is 13.2. The molecule has 0 fully saturated rings. The van der Waals surface area contributed by atoms with E-state index in [0.29, 0.717) is 0 Å². The van der Waals surface area contributed by atoms with Crippen LogP contribution in [0.25, 0.3) is 10.9 Å². The van der Waals surface area contributed by atoms with E-state index in [-0.39, 0.29) is 21.7 Å². The van der Waals surface area contributed by atoms with E-state index in [0.717, 1.165) is 6.07 Å². The largest absolute Gasteiger partial charge is 0.506 e. The molecule has 1 N–H and O–H groups in total. The van der Waals surface area contributed by atoms with Crippen molar-refractivity contribution in [3.63, 3.8) is 0 Å². The number of hydrogen-bond donors (Lipinski definition) is 1. The van der Waals surface area contributed by atoms with E-state index in [1.165, 1.54) is 18.3 Å². The molecule has 1 aromatic heterocycles. The van der Waals surface area contributed by atoms with Gasteiger partial charge in [-0.05, 0) is 18.2 Å². The molecule has 0 atom stereocenters. The number of hydrogen-bond acceptors (Lipinski definition) is 2. The third-order valence-corrected chi connectivity index (χ3v) is 2.08. The summed E-state index contributed by atoms with van der Waals surface area (Å²) in [6.07, 6.45) is 1.42. The number of phenols is 1. The second kappa shape index (κ2) is 2.85. The Morgan fingerprint density at radius 1 is 1.31 bits per heavy atom. The Labute approximate surface area is 78.6 Å². The minimum atomic E-state index is -0.481. The molecule has 0 aliphatic heterocycles. The van der Waals surface area contributed by atoms with Crippen molar-refractivity contribution in [2.24, 2.45) is 0 Å². The topological polar surface area (TPSA) is 33.1 Å². The summed E-state index contributed by atoms with van der Waals surface area (Å²) in [6.45, 7) is 0. The minimum absolute atomic E-state index is 0.0705. The summed E-state index contributed by atoms with van der Waals surface area (Å²) in [4.78, 5) is 3.83. The van der Waals surface area contributed by atoms with Gasteiger partial charge in [0, 0.05) is 6.20 Å². The number of halogens is 2. The summed E-state index contributed by atoms with van der Waals surface area (Å²) in [5.41, 5.74) is 0.188. The van der Waals surface area contributed by atoms with Crippen molar-refractivity contribution < 1.29 is 9.50 Å². The molecule has 2 rings (SSSR count). The molecular formula is C9H5ClFNO. The van der Waals surface area contributed by atoms with Gasteiger partial charge in [-0.25, -0.2) is 4.39 Å². The quantitative estimate of drug-likeness (QED) is 0.705. The van der Waals surface area contributed by atoms with E-state index in [9.17, 15) is 9.50 Å². The summed E-state index contributed by atoms with van der Waals surface area (Å²) < 4.78 is 13.2. The zero-order chi connectivity index (χ0) is 9.42. The van der Waals surface area contributed by atoms with Crippen molar-refractivity contribution in [2.75, 3.05) is 0 Å². The predicted octanol–water partition coefficient (Wildman–Crippen LogP) is 2.73. The molecule has 0 bridgehead atoms. The Hall–Kier alpha value is -1.35. The van der Waals surface area contributed by atoms with Crippen LogP contribution in [0.4, 0.5) is 4.39 Å². The zero-order valence-corrected chi connectivity index (χ0v) is 7.22.